The minimum atomic E-state index is -0.474. The van der Waals surface area contributed by atoms with Crippen LogP contribution in [0.25, 0.3) is 0 Å². The average Bonchev–Trinajstić information content (AvgIpc) is 2.47. The predicted molar refractivity (Wildman–Crippen MR) is 82.3 cm³/mol. The van der Waals surface area contributed by atoms with E-state index in [1.807, 2.05) is 24.3 Å². The van der Waals surface area contributed by atoms with Crippen LogP contribution in [0.5, 0.6) is 0 Å². The van der Waals surface area contributed by atoms with Crippen LogP contribution >= 0.6 is 12.2 Å². The molecule has 0 aliphatic carbocycles. The molecule has 0 saturated carbocycles. The number of carbonyl (C=O) groups is 1. The Kier molecular flexibility index (Phi) is 4.59. The molecule has 0 unspecified atom stereocenters. The summed E-state index contributed by atoms with van der Waals surface area (Å²) in [6, 6.07) is 9.93. The number of nitrogens with zero attached hydrogens (tertiary/aromatic N) is 2. The Morgan fingerprint density at radius 2 is 2.14 bits per heavy atom. The SMILES string of the molecule is CN(Cc1cccc(C(N)=S)c1)C(=O)c1ccc(F)cn1. The van der Waals surface area contributed by atoms with Crippen molar-refractivity contribution in [2.45, 2.75) is 6.54 Å². The summed E-state index contributed by atoms with van der Waals surface area (Å²) in [4.78, 5) is 17.8. The van der Waals surface area contributed by atoms with Gasteiger partial charge in [0.25, 0.3) is 5.91 Å². The first-order valence-corrected chi connectivity index (χ1v) is 6.64. The van der Waals surface area contributed by atoms with Crippen molar-refractivity contribution in [3.8, 4) is 0 Å². The number of nitrogens with two attached hydrogens (primary N) is 1. The van der Waals surface area contributed by atoms with Gasteiger partial charge < -0.3 is 10.6 Å². The number of aromatic nitrogens is 1. The molecule has 0 bridgehead atoms. The van der Waals surface area contributed by atoms with Gasteiger partial charge in [0.2, 0.25) is 0 Å². The maximum Gasteiger partial charge on any atom is 0.272 e. The van der Waals surface area contributed by atoms with Crippen LogP contribution in [0.1, 0.15) is 21.6 Å². The molecule has 2 rings (SSSR count). The van der Waals surface area contributed by atoms with Crippen molar-refractivity contribution in [2.75, 3.05) is 7.05 Å². The van der Waals surface area contributed by atoms with Gasteiger partial charge in [0, 0.05) is 19.2 Å². The second-order valence-corrected chi connectivity index (χ2v) is 5.03. The van der Waals surface area contributed by atoms with Gasteiger partial charge in [0.15, 0.2) is 0 Å². The summed E-state index contributed by atoms with van der Waals surface area (Å²) in [5, 5.41) is 0. The van der Waals surface area contributed by atoms with Gasteiger partial charge in [-0.3, -0.25) is 4.79 Å². The van der Waals surface area contributed by atoms with Crippen LogP contribution < -0.4 is 5.73 Å². The molecule has 0 fully saturated rings. The summed E-state index contributed by atoms with van der Waals surface area (Å²) in [5.41, 5.74) is 7.44. The first kappa shape index (κ1) is 15.1. The van der Waals surface area contributed by atoms with Crippen molar-refractivity contribution < 1.29 is 9.18 Å². The average molecular weight is 303 g/mol. The third-order valence-corrected chi connectivity index (χ3v) is 3.16. The molecule has 108 valence electrons. The lowest BCUT2D eigenvalue weighted by molar-refractivity contribution is 0.0779. The molecule has 0 saturated heterocycles. The zero-order valence-corrected chi connectivity index (χ0v) is 12.2. The summed E-state index contributed by atoms with van der Waals surface area (Å²) < 4.78 is 12.8. The second kappa shape index (κ2) is 6.41. The molecule has 0 spiro atoms. The summed E-state index contributed by atoms with van der Waals surface area (Å²) in [7, 11) is 1.65. The van der Waals surface area contributed by atoms with E-state index in [4.69, 9.17) is 18.0 Å². The summed E-state index contributed by atoms with van der Waals surface area (Å²) in [6.07, 6.45) is 1.02. The molecule has 21 heavy (non-hydrogen) atoms. The van der Waals surface area contributed by atoms with Gasteiger partial charge in [-0.15, -0.1) is 0 Å². The third-order valence-electron chi connectivity index (χ3n) is 2.92. The Bertz CT molecular complexity index is 673. The molecule has 6 heteroatoms. The zero-order chi connectivity index (χ0) is 15.4. The van der Waals surface area contributed by atoms with Gasteiger partial charge in [0.1, 0.15) is 16.5 Å². The fraction of sp³-hybridized carbons (Fsp3) is 0.133. The van der Waals surface area contributed by atoms with Crippen LogP contribution in [-0.4, -0.2) is 27.8 Å². The largest absolute Gasteiger partial charge is 0.389 e. The van der Waals surface area contributed by atoms with Gasteiger partial charge in [-0.25, -0.2) is 9.37 Å². The Balaban J connectivity index is 2.12. The van der Waals surface area contributed by atoms with E-state index < -0.39 is 5.82 Å². The molecule has 0 atom stereocenters. The Morgan fingerprint density at radius 1 is 1.38 bits per heavy atom. The molecule has 2 N–H and O–H groups in total. The number of benzene rings is 1. The van der Waals surface area contributed by atoms with Crippen LogP contribution in [0.3, 0.4) is 0 Å². The van der Waals surface area contributed by atoms with Crippen molar-refractivity contribution in [2.24, 2.45) is 5.73 Å². The van der Waals surface area contributed by atoms with Crippen LogP contribution in [0.4, 0.5) is 4.39 Å². The number of hydrogen-bond donors (Lipinski definition) is 1. The molecule has 1 aromatic heterocycles. The number of halogens is 1. The lowest BCUT2D eigenvalue weighted by atomic mass is 10.1. The standard InChI is InChI=1S/C15H14FN3OS/c1-19(15(20)13-6-5-12(16)8-18-13)9-10-3-2-4-11(7-10)14(17)21/h2-8H,9H2,1H3,(H2,17,21). The minimum absolute atomic E-state index is 0.199. The molecular formula is C15H14FN3OS. The quantitative estimate of drug-likeness (QED) is 0.879. The fourth-order valence-electron chi connectivity index (χ4n) is 1.87. The smallest absolute Gasteiger partial charge is 0.272 e. The number of rotatable bonds is 4. The second-order valence-electron chi connectivity index (χ2n) is 4.59. The highest BCUT2D eigenvalue weighted by Crippen LogP contribution is 2.10. The zero-order valence-electron chi connectivity index (χ0n) is 11.4. The van der Waals surface area contributed by atoms with Gasteiger partial charge in [-0.1, -0.05) is 30.4 Å². The van der Waals surface area contributed by atoms with Crippen LogP contribution in [0.2, 0.25) is 0 Å². The number of carbonyl (C=O) groups excluding carboxylic acids is 1. The van der Waals surface area contributed by atoms with E-state index >= 15 is 0 Å². The Morgan fingerprint density at radius 3 is 2.76 bits per heavy atom. The maximum absolute atomic E-state index is 12.8. The van der Waals surface area contributed by atoms with Crippen molar-refractivity contribution in [1.29, 1.82) is 0 Å². The Hall–Kier alpha value is -2.34. The lowest BCUT2D eigenvalue weighted by Crippen LogP contribution is -2.27. The monoisotopic (exact) mass is 303 g/mol. The van der Waals surface area contributed by atoms with E-state index in [-0.39, 0.29) is 11.6 Å². The number of pyridine rings is 1. The predicted octanol–water partition coefficient (Wildman–Crippen LogP) is 2.13. The van der Waals surface area contributed by atoms with Crippen molar-refractivity contribution in [1.82, 2.24) is 9.88 Å². The van der Waals surface area contributed by atoms with Gasteiger partial charge in [-0.2, -0.15) is 0 Å². The fourth-order valence-corrected chi connectivity index (χ4v) is 1.99. The van der Waals surface area contributed by atoms with E-state index in [0.717, 1.165) is 17.3 Å². The summed E-state index contributed by atoms with van der Waals surface area (Å²) in [5.74, 6) is -0.755. The highest BCUT2D eigenvalue weighted by Gasteiger charge is 2.13. The number of hydrogen-bond acceptors (Lipinski definition) is 3. The molecule has 2 aromatic rings. The van der Waals surface area contributed by atoms with E-state index in [1.165, 1.54) is 17.0 Å². The topological polar surface area (TPSA) is 59.2 Å². The van der Waals surface area contributed by atoms with E-state index in [2.05, 4.69) is 4.98 Å². The van der Waals surface area contributed by atoms with Crippen molar-refractivity contribution in [3.63, 3.8) is 0 Å². The van der Waals surface area contributed by atoms with E-state index in [0.29, 0.717) is 11.5 Å². The molecule has 4 nitrogen and oxygen atoms in total. The molecule has 0 radical (unpaired) electrons. The first-order valence-electron chi connectivity index (χ1n) is 6.23. The number of amides is 1. The van der Waals surface area contributed by atoms with Crippen LogP contribution in [0, 0.1) is 5.82 Å². The lowest BCUT2D eigenvalue weighted by Gasteiger charge is -2.17. The molecule has 0 aliphatic heterocycles. The van der Waals surface area contributed by atoms with E-state index in [1.54, 1.807) is 7.05 Å². The van der Waals surface area contributed by atoms with Gasteiger partial charge >= 0.3 is 0 Å². The summed E-state index contributed by atoms with van der Waals surface area (Å²) >= 11 is 4.93. The summed E-state index contributed by atoms with van der Waals surface area (Å²) in [6.45, 7) is 0.383. The van der Waals surface area contributed by atoms with Crippen LogP contribution in [0.15, 0.2) is 42.6 Å². The third kappa shape index (κ3) is 3.82. The molecule has 0 aliphatic rings. The molecule has 1 amide bonds. The highest BCUT2D eigenvalue weighted by atomic mass is 32.1. The number of thiocarbonyl (C=S) groups is 1. The van der Waals surface area contributed by atoms with Gasteiger partial charge in [0.05, 0.1) is 6.20 Å². The molecule has 1 aromatic carbocycles. The van der Waals surface area contributed by atoms with E-state index in [9.17, 15) is 9.18 Å². The normalized spacial score (nSPS) is 10.2. The Labute approximate surface area is 127 Å². The van der Waals surface area contributed by atoms with Crippen LogP contribution in [-0.2, 0) is 6.54 Å². The first-order chi connectivity index (χ1) is 9.97. The van der Waals surface area contributed by atoms with Crippen molar-refractivity contribution in [3.05, 3.63) is 65.2 Å². The molecular weight excluding hydrogens is 289 g/mol. The van der Waals surface area contributed by atoms with Gasteiger partial charge in [-0.05, 0) is 23.8 Å². The minimum Gasteiger partial charge on any atom is -0.389 e. The van der Waals surface area contributed by atoms with Crippen molar-refractivity contribution >= 4 is 23.1 Å². The maximum atomic E-state index is 12.8. The highest BCUT2D eigenvalue weighted by molar-refractivity contribution is 7.80. The molecule has 1 heterocycles.